The Kier molecular flexibility index (Phi) is 7.37. The van der Waals surface area contributed by atoms with Gasteiger partial charge in [-0.15, -0.1) is 13.2 Å². The number of ether oxygens (including phenoxy) is 1. The zero-order valence-corrected chi connectivity index (χ0v) is 18.6. The molecule has 31 heavy (non-hydrogen) atoms. The highest BCUT2D eigenvalue weighted by atomic mass is 79.9. The number of nitrogens with one attached hydrogen (secondary N) is 2. The van der Waals surface area contributed by atoms with Crippen LogP contribution < -0.4 is 15.4 Å². The Morgan fingerprint density at radius 1 is 1.06 bits per heavy atom. The molecule has 1 atom stereocenters. The van der Waals surface area contributed by atoms with E-state index in [1.165, 1.54) is 18.2 Å². The second kappa shape index (κ2) is 10.00. The van der Waals surface area contributed by atoms with Crippen LogP contribution in [0.4, 0.5) is 24.9 Å². The van der Waals surface area contributed by atoms with Gasteiger partial charge in [-0.25, -0.2) is 4.98 Å². The number of alkyl halides is 3. The molecule has 9 heteroatoms. The van der Waals surface area contributed by atoms with Gasteiger partial charge in [-0.2, -0.15) is 4.98 Å². The maximum Gasteiger partial charge on any atom is 0.573 e. The number of anilines is 2. The lowest BCUT2D eigenvalue weighted by Crippen LogP contribution is -2.17. The van der Waals surface area contributed by atoms with E-state index in [4.69, 9.17) is 0 Å². The number of aromatic nitrogens is 2. The molecular weight excluding hydrogens is 473 g/mol. The number of rotatable bonds is 8. The maximum atomic E-state index is 12.6. The first-order valence-electron chi connectivity index (χ1n) is 9.72. The SMILES string of the molecule is CC[C@@H](C)Nc1nc(NCc2ccccc2Br)cc(-c2cccc(OC(F)(F)F)c2)n1. The van der Waals surface area contributed by atoms with Crippen molar-refractivity contribution in [2.45, 2.75) is 39.2 Å². The molecule has 2 aromatic carbocycles. The van der Waals surface area contributed by atoms with Crippen LogP contribution in [0.1, 0.15) is 25.8 Å². The lowest BCUT2D eigenvalue weighted by molar-refractivity contribution is -0.274. The Hall–Kier alpha value is -2.81. The third-order valence-electron chi connectivity index (χ3n) is 4.50. The van der Waals surface area contributed by atoms with Gasteiger partial charge in [0.2, 0.25) is 5.95 Å². The van der Waals surface area contributed by atoms with E-state index in [9.17, 15) is 13.2 Å². The van der Waals surface area contributed by atoms with E-state index in [0.29, 0.717) is 29.6 Å². The third kappa shape index (κ3) is 6.85. The van der Waals surface area contributed by atoms with E-state index in [1.54, 1.807) is 12.1 Å². The Morgan fingerprint density at radius 2 is 1.84 bits per heavy atom. The zero-order valence-electron chi connectivity index (χ0n) is 17.0. The smallest absolute Gasteiger partial charge is 0.406 e. The van der Waals surface area contributed by atoms with E-state index < -0.39 is 6.36 Å². The molecule has 0 saturated carbocycles. The maximum absolute atomic E-state index is 12.6. The van der Waals surface area contributed by atoms with Crippen molar-refractivity contribution in [2.75, 3.05) is 10.6 Å². The molecule has 3 rings (SSSR count). The quantitative estimate of drug-likeness (QED) is 0.368. The predicted octanol–water partition coefficient (Wildman–Crippen LogP) is 6.63. The van der Waals surface area contributed by atoms with Crippen molar-refractivity contribution in [1.29, 1.82) is 0 Å². The summed E-state index contributed by atoms with van der Waals surface area (Å²) in [6, 6.07) is 15.4. The van der Waals surface area contributed by atoms with Gasteiger partial charge in [-0.1, -0.05) is 53.2 Å². The van der Waals surface area contributed by atoms with E-state index in [1.807, 2.05) is 38.1 Å². The molecule has 0 aliphatic carbocycles. The minimum absolute atomic E-state index is 0.131. The van der Waals surface area contributed by atoms with Crippen LogP contribution in [0, 0.1) is 0 Å². The molecule has 2 N–H and O–H groups in total. The number of hydrogen-bond acceptors (Lipinski definition) is 5. The number of hydrogen-bond donors (Lipinski definition) is 2. The molecule has 0 aliphatic rings. The van der Waals surface area contributed by atoms with Gasteiger partial charge in [-0.05, 0) is 37.1 Å². The van der Waals surface area contributed by atoms with E-state index >= 15 is 0 Å². The van der Waals surface area contributed by atoms with Crippen molar-refractivity contribution < 1.29 is 17.9 Å². The highest BCUT2D eigenvalue weighted by Gasteiger charge is 2.31. The molecule has 0 spiro atoms. The summed E-state index contributed by atoms with van der Waals surface area (Å²) in [6.07, 6.45) is -3.90. The monoisotopic (exact) mass is 494 g/mol. The molecule has 0 amide bonds. The molecule has 0 fully saturated rings. The number of benzene rings is 2. The molecular formula is C22H22BrF3N4O. The van der Waals surface area contributed by atoms with Crippen LogP contribution in [0.5, 0.6) is 5.75 Å². The van der Waals surface area contributed by atoms with Gasteiger partial charge in [0.1, 0.15) is 11.6 Å². The molecule has 0 aliphatic heterocycles. The lowest BCUT2D eigenvalue weighted by Gasteiger charge is -2.15. The average Bonchev–Trinajstić information content (AvgIpc) is 2.72. The molecule has 0 radical (unpaired) electrons. The van der Waals surface area contributed by atoms with Crippen LogP contribution in [0.2, 0.25) is 0 Å². The first-order chi connectivity index (χ1) is 14.7. The van der Waals surface area contributed by atoms with Crippen molar-refractivity contribution >= 4 is 27.7 Å². The molecule has 5 nitrogen and oxygen atoms in total. The van der Waals surface area contributed by atoms with Crippen LogP contribution >= 0.6 is 15.9 Å². The molecule has 0 unspecified atom stereocenters. The normalized spacial score (nSPS) is 12.3. The van der Waals surface area contributed by atoms with Crippen molar-refractivity contribution in [3.8, 4) is 17.0 Å². The fraction of sp³-hybridized carbons (Fsp3) is 0.273. The van der Waals surface area contributed by atoms with E-state index in [-0.39, 0.29) is 11.8 Å². The third-order valence-corrected chi connectivity index (χ3v) is 5.27. The minimum Gasteiger partial charge on any atom is -0.406 e. The molecule has 0 bridgehead atoms. The summed E-state index contributed by atoms with van der Waals surface area (Å²) in [5.41, 5.74) is 2.00. The highest BCUT2D eigenvalue weighted by molar-refractivity contribution is 9.10. The average molecular weight is 495 g/mol. The number of halogens is 4. The standard InChI is InChI=1S/C22H22BrF3N4O/c1-3-14(2)28-21-29-19(15-8-6-9-17(11-15)31-22(24,25)26)12-20(30-21)27-13-16-7-4-5-10-18(16)23/h4-12,14H,3,13H2,1-2H3,(H2,27,28,29,30)/t14-/m1/s1. The summed E-state index contributed by atoms with van der Waals surface area (Å²) >= 11 is 3.52. The second-order valence-electron chi connectivity index (χ2n) is 6.94. The van der Waals surface area contributed by atoms with Gasteiger partial charge in [0.05, 0.1) is 5.69 Å². The molecule has 0 saturated heterocycles. The zero-order chi connectivity index (χ0) is 22.4. The summed E-state index contributed by atoms with van der Waals surface area (Å²) in [6.45, 7) is 4.55. The van der Waals surface area contributed by atoms with E-state index in [2.05, 4.69) is 41.3 Å². The van der Waals surface area contributed by atoms with Crippen molar-refractivity contribution in [2.24, 2.45) is 0 Å². The van der Waals surface area contributed by atoms with Crippen LogP contribution in [0.3, 0.4) is 0 Å². The summed E-state index contributed by atoms with van der Waals surface area (Å²) in [5.74, 6) is 0.639. The first-order valence-corrected chi connectivity index (χ1v) is 10.5. The molecule has 3 aromatic rings. The molecule has 1 heterocycles. The van der Waals surface area contributed by atoms with Gasteiger partial charge >= 0.3 is 6.36 Å². The predicted molar refractivity (Wildman–Crippen MR) is 119 cm³/mol. The molecule has 1 aromatic heterocycles. The van der Waals surface area contributed by atoms with E-state index in [0.717, 1.165) is 16.5 Å². The summed E-state index contributed by atoms with van der Waals surface area (Å²) in [4.78, 5) is 9.01. The van der Waals surface area contributed by atoms with Crippen LogP contribution in [-0.4, -0.2) is 22.4 Å². The summed E-state index contributed by atoms with van der Waals surface area (Å²) < 4.78 is 42.8. The molecule has 164 valence electrons. The van der Waals surface area contributed by atoms with Crippen molar-refractivity contribution in [3.05, 3.63) is 64.6 Å². The highest BCUT2D eigenvalue weighted by Crippen LogP contribution is 2.29. The van der Waals surface area contributed by atoms with Gasteiger partial charge in [0.25, 0.3) is 0 Å². The Morgan fingerprint density at radius 3 is 2.55 bits per heavy atom. The van der Waals surface area contributed by atoms with Gasteiger partial charge < -0.3 is 15.4 Å². The summed E-state index contributed by atoms with van der Waals surface area (Å²) in [7, 11) is 0. The van der Waals surface area contributed by atoms with Crippen LogP contribution in [0.25, 0.3) is 11.3 Å². The van der Waals surface area contributed by atoms with Gasteiger partial charge in [0.15, 0.2) is 0 Å². The first kappa shape index (κ1) is 22.9. The van der Waals surface area contributed by atoms with Gasteiger partial charge in [-0.3, -0.25) is 0 Å². The van der Waals surface area contributed by atoms with Gasteiger partial charge in [0, 0.05) is 28.7 Å². The Bertz CT molecular complexity index is 1030. The topological polar surface area (TPSA) is 59.1 Å². The largest absolute Gasteiger partial charge is 0.573 e. The lowest BCUT2D eigenvalue weighted by atomic mass is 10.1. The second-order valence-corrected chi connectivity index (χ2v) is 7.79. The fourth-order valence-corrected chi connectivity index (χ4v) is 3.18. The van der Waals surface area contributed by atoms with Crippen molar-refractivity contribution in [3.63, 3.8) is 0 Å². The van der Waals surface area contributed by atoms with Crippen LogP contribution in [0.15, 0.2) is 59.1 Å². The Labute approximate surface area is 187 Å². The summed E-state index contributed by atoms with van der Waals surface area (Å²) in [5, 5.41) is 6.49. The number of nitrogens with zero attached hydrogens (tertiary/aromatic N) is 2. The van der Waals surface area contributed by atoms with Crippen molar-refractivity contribution in [1.82, 2.24) is 9.97 Å². The fourth-order valence-electron chi connectivity index (χ4n) is 2.75. The van der Waals surface area contributed by atoms with Crippen LogP contribution in [-0.2, 0) is 6.54 Å². The Balaban J connectivity index is 1.92. The minimum atomic E-state index is -4.76.